The van der Waals surface area contributed by atoms with Crippen molar-refractivity contribution in [2.75, 3.05) is 6.54 Å². The van der Waals surface area contributed by atoms with Crippen LogP contribution < -0.4 is 5.73 Å². The summed E-state index contributed by atoms with van der Waals surface area (Å²) >= 11 is 0. The van der Waals surface area contributed by atoms with Crippen LogP contribution in [0.2, 0.25) is 0 Å². The molecule has 1 heterocycles. The molecule has 108 valence electrons. The molecule has 1 aliphatic heterocycles. The highest BCUT2D eigenvalue weighted by Crippen LogP contribution is 2.23. The minimum absolute atomic E-state index is 0.0202. The molecule has 1 fully saturated rings. The predicted octanol–water partition coefficient (Wildman–Crippen LogP) is 1.54. The fourth-order valence-corrected chi connectivity index (χ4v) is 2.70. The zero-order chi connectivity index (χ0) is 14.5. The number of amides is 1. The molecule has 1 aliphatic rings. The molecule has 2 rings (SSSR count). The smallest absolute Gasteiger partial charge is 0.305 e. The van der Waals surface area contributed by atoms with Crippen LogP contribution in [0.4, 0.5) is 0 Å². The topological polar surface area (TPSA) is 83.6 Å². The average Bonchev–Trinajstić information content (AvgIpc) is 2.87. The summed E-state index contributed by atoms with van der Waals surface area (Å²) in [6.45, 7) is 0.637. The van der Waals surface area contributed by atoms with E-state index in [0.29, 0.717) is 6.54 Å². The summed E-state index contributed by atoms with van der Waals surface area (Å²) in [6.07, 6.45) is 1.87. The quantitative estimate of drug-likeness (QED) is 0.854. The van der Waals surface area contributed by atoms with E-state index in [4.69, 9.17) is 10.8 Å². The van der Waals surface area contributed by atoms with Crippen molar-refractivity contribution in [1.29, 1.82) is 0 Å². The molecule has 2 atom stereocenters. The fourth-order valence-electron chi connectivity index (χ4n) is 2.70. The van der Waals surface area contributed by atoms with Crippen molar-refractivity contribution in [2.45, 2.75) is 37.8 Å². The highest BCUT2D eigenvalue weighted by Gasteiger charge is 2.30. The molecule has 0 aliphatic carbocycles. The van der Waals surface area contributed by atoms with E-state index in [2.05, 4.69) is 0 Å². The third kappa shape index (κ3) is 3.57. The lowest BCUT2D eigenvalue weighted by Crippen LogP contribution is -2.38. The Morgan fingerprint density at radius 2 is 2.05 bits per heavy atom. The third-order valence-electron chi connectivity index (χ3n) is 3.73. The van der Waals surface area contributed by atoms with Crippen LogP contribution in [0, 0.1) is 0 Å². The molecule has 2 unspecified atom stereocenters. The van der Waals surface area contributed by atoms with Crippen LogP contribution in [0.25, 0.3) is 0 Å². The van der Waals surface area contributed by atoms with Gasteiger partial charge in [0.1, 0.15) is 0 Å². The minimum Gasteiger partial charge on any atom is -0.481 e. The largest absolute Gasteiger partial charge is 0.481 e. The Morgan fingerprint density at radius 1 is 1.35 bits per heavy atom. The van der Waals surface area contributed by atoms with Crippen LogP contribution in [0.1, 0.15) is 37.3 Å². The number of nitrogens with two attached hydrogens (primary N) is 1. The van der Waals surface area contributed by atoms with E-state index in [1.165, 1.54) is 0 Å². The summed E-state index contributed by atoms with van der Waals surface area (Å²) in [7, 11) is 0. The van der Waals surface area contributed by atoms with Crippen molar-refractivity contribution < 1.29 is 14.7 Å². The molecule has 1 saturated heterocycles. The molecule has 1 aromatic carbocycles. The van der Waals surface area contributed by atoms with E-state index in [-0.39, 0.29) is 30.8 Å². The van der Waals surface area contributed by atoms with Crippen molar-refractivity contribution in [2.24, 2.45) is 5.73 Å². The average molecular weight is 276 g/mol. The maximum atomic E-state index is 12.3. The molecular weight excluding hydrogens is 256 g/mol. The fraction of sp³-hybridized carbons (Fsp3) is 0.467. The summed E-state index contributed by atoms with van der Waals surface area (Å²) in [5.41, 5.74) is 6.97. The van der Waals surface area contributed by atoms with Gasteiger partial charge in [0, 0.05) is 25.0 Å². The zero-order valence-corrected chi connectivity index (χ0v) is 11.4. The molecule has 5 nitrogen and oxygen atoms in total. The number of hydrogen-bond donors (Lipinski definition) is 2. The second-order valence-corrected chi connectivity index (χ2v) is 5.20. The standard InChI is InChI=1S/C15H20N2O3/c16-13(11-5-2-1-3-6-11)10-14(18)17-8-4-7-12(17)9-15(19)20/h1-3,5-6,12-13H,4,7-10,16H2,(H,19,20). The number of rotatable bonds is 5. The molecule has 0 aromatic heterocycles. The monoisotopic (exact) mass is 276 g/mol. The first-order chi connectivity index (χ1) is 9.58. The Labute approximate surface area is 118 Å². The van der Waals surface area contributed by atoms with Gasteiger partial charge in [0.25, 0.3) is 0 Å². The van der Waals surface area contributed by atoms with Gasteiger partial charge in [-0.25, -0.2) is 0 Å². The number of benzene rings is 1. The van der Waals surface area contributed by atoms with Gasteiger partial charge in [-0.3, -0.25) is 9.59 Å². The van der Waals surface area contributed by atoms with Gasteiger partial charge in [-0.2, -0.15) is 0 Å². The normalized spacial score (nSPS) is 19.9. The van der Waals surface area contributed by atoms with E-state index >= 15 is 0 Å². The van der Waals surface area contributed by atoms with Gasteiger partial charge in [0.05, 0.1) is 6.42 Å². The van der Waals surface area contributed by atoms with E-state index in [9.17, 15) is 9.59 Å². The molecule has 20 heavy (non-hydrogen) atoms. The molecule has 0 radical (unpaired) electrons. The lowest BCUT2D eigenvalue weighted by molar-refractivity contribution is -0.140. The number of carbonyl (C=O) groups is 2. The van der Waals surface area contributed by atoms with Gasteiger partial charge in [0.2, 0.25) is 5.91 Å². The van der Waals surface area contributed by atoms with E-state index in [1.807, 2.05) is 30.3 Å². The number of aliphatic carboxylic acids is 1. The zero-order valence-electron chi connectivity index (χ0n) is 11.4. The summed E-state index contributed by atoms with van der Waals surface area (Å²) in [5, 5.41) is 8.87. The number of carbonyl (C=O) groups excluding carboxylic acids is 1. The molecule has 0 bridgehead atoms. The van der Waals surface area contributed by atoms with Gasteiger partial charge in [-0.05, 0) is 18.4 Å². The van der Waals surface area contributed by atoms with Crippen LogP contribution in [0.5, 0.6) is 0 Å². The first-order valence-electron chi connectivity index (χ1n) is 6.89. The number of likely N-dealkylation sites (tertiary alicyclic amines) is 1. The Balaban J connectivity index is 1.95. The van der Waals surface area contributed by atoms with Crippen molar-refractivity contribution in [3.8, 4) is 0 Å². The molecule has 1 aromatic rings. The Kier molecular flexibility index (Phi) is 4.74. The van der Waals surface area contributed by atoms with Crippen molar-refractivity contribution in [1.82, 2.24) is 4.90 Å². The van der Waals surface area contributed by atoms with Gasteiger partial charge < -0.3 is 15.7 Å². The first-order valence-corrected chi connectivity index (χ1v) is 6.89. The number of carboxylic acid groups (broad SMARTS) is 1. The second-order valence-electron chi connectivity index (χ2n) is 5.20. The molecule has 1 amide bonds. The Morgan fingerprint density at radius 3 is 2.70 bits per heavy atom. The second kappa shape index (κ2) is 6.52. The Hall–Kier alpha value is -1.88. The van der Waals surface area contributed by atoms with E-state index in [0.717, 1.165) is 18.4 Å². The van der Waals surface area contributed by atoms with E-state index in [1.54, 1.807) is 4.90 Å². The van der Waals surface area contributed by atoms with Crippen molar-refractivity contribution in [3.05, 3.63) is 35.9 Å². The van der Waals surface area contributed by atoms with Crippen LogP contribution in [-0.2, 0) is 9.59 Å². The van der Waals surface area contributed by atoms with Gasteiger partial charge in [-0.1, -0.05) is 30.3 Å². The Bertz CT molecular complexity index is 475. The van der Waals surface area contributed by atoms with Gasteiger partial charge in [0.15, 0.2) is 0 Å². The van der Waals surface area contributed by atoms with Gasteiger partial charge >= 0.3 is 5.97 Å². The summed E-state index contributed by atoms with van der Waals surface area (Å²) < 4.78 is 0. The van der Waals surface area contributed by atoms with Crippen LogP contribution in [0.15, 0.2) is 30.3 Å². The summed E-state index contributed by atoms with van der Waals surface area (Å²) in [6, 6.07) is 8.97. The summed E-state index contributed by atoms with van der Waals surface area (Å²) in [5.74, 6) is -0.910. The van der Waals surface area contributed by atoms with Crippen LogP contribution in [-0.4, -0.2) is 34.5 Å². The van der Waals surface area contributed by atoms with Crippen molar-refractivity contribution in [3.63, 3.8) is 0 Å². The maximum absolute atomic E-state index is 12.3. The molecule has 0 spiro atoms. The highest BCUT2D eigenvalue weighted by atomic mass is 16.4. The first kappa shape index (κ1) is 14.5. The lowest BCUT2D eigenvalue weighted by atomic mass is 10.0. The molecular formula is C15H20N2O3. The number of hydrogen-bond acceptors (Lipinski definition) is 3. The minimum atomic E-state index is -0.859. The third-order valence-corrected chi connectivity index (χ3v) is 3.73. The molecule has 0 saturated carbocycles. The number of nitrogens with zero attached hydrogens (tertiary/aromatic N) is 1. The van der Waals surface area contributed by atoms with E-state index < -0.39 is 5.97 Å². The van der Waals surface area contributed by atoms with Crippen LogP contribution in [0.3, 0.4) is 0 Å². The number of carboxylic acids is 1. The lowest BCUT2D eigenvalue weighted by Gasteiger charge is -2.25. The highest BCUT2D eigenvalue weighted by molar-refractivity contribution is 5.78. The van der Waals surface area contributed by atoms with Crippen molar-refractivity contribution >= 4 is 11.9 Å². The van der Waals surface area contributed by atoms with Crippen LogP contribution >= 0.6 is 0 Å². The predicted molar refractivity (Wildman–Crippen MR) is 75.0 cm³/mol. The maximum Gasteiger partial charge on any atom is 0.305 e. The SMILES string of the molecule is NC(CC(=O)N1CCCC1CC(=O)O)c1ccccc1. The molecule has 3 N–H and O–H groups in total. The summed E-state index contributed by atoms with van der Waals surface area (Å²) in [4.78, 5) is 24.8. The van der Waals surface area contributed by atoms with Gasteiger partial charge in [-0.15, -0.1) is 0 Å². The molecule has 5 heteroatoms.